The number of anilines is 1. The van der Waals surface area contributed by atoms with Gasteiger partial charge < -0.3 is 20.1 Å². The van der Waals surface area contributed by atoms with E-state index in [4.69, 9.17) is 4.74 Å². The maximum atomic E-state index is 14.8. The normalized spacial score (nSPS) is 18.1. The van der Waals surface area contributed by atoms with Crippen molar-refractivity contribution in [2.24, 2.45) is 4.99 Å². The van der Waals surface area contributed by atoms with Crippen molar-refractivity contribution in [3.63, 3.8) is 0 Å². The van der Waals surface area contributed by atoms with Crippen LogP contribution in [0, 0.1) is 11.3 Å². The Hall–Kier alpha value is -4.51. The van der Waals surface area contributed by atoms with E-state index in [0.29, 0.717) is 16.9 Å². The summed E-state index contributed by atoms with van der Waals surface area (Å²) in [7, 11) is 1.31. The number of hydrogen-bond donors (Lipinski definition) is 2. The summed E-state index contributed by atoms with van der Waals surface area (Å²) < 4.78 is 77.5. The van der Waals surface area contributed by atoms with Crippen LogP contribution < -0.4 is 10.1 Å². The van der Waals surface area contributed by atoms with Crippen molar-refractivity contribution in [2.75, 3.05) is 12.4 Å². The highest BCUT2D eigenvalue weighted by Gasteiger charge is 2.68. The van der Waals surface area contributed by atoms with Crippen LogP contribution >= 0.6 is 0 Å². The average molecular weight is 605 g/mol. The zero-order chi connectivity index (χ0) is 31.6. The number of fused-ring (bicyclic) bond motifs is 1. The summed E-state index contributed by atoms with van der Waals surface area (Å²) in [6.07, 6.45) is 2.51. The minimum Gasteiger partial charge on any atom is -0.496 e. The number of nitriles is 1. The zero-order valence-corrected chi connectivity index (χ0v) is 23.5. The van der Waals surface area contributed by atoms with Crippen LogP contribution in [-0.4, -0.2) is 62.8 Å². The molecule has 3 heterocycles. The minimum absolute atomic E-state index is 0.0358. The van der Waals surface area contributed by atoms with E-state index in [0.717, 1.165) is 6.20 Å². The molecular weight excluding hydrogens is 575 g/mol. The van der Waals surface area contributed by atoms with Crippen molar-refractivity contribution in [1.82, 2.24) is 14.7 Å². The average Bonchev–Trinajstić information content (AvgIpc) is 3.26. The molecule has 0 aliphatic carbocycles. The van der Waals surface area contributed by atoms with Gasteiger partial charge in [0.15, 0.2) is 0 Å². The lowest BCUT2D eigenvalue weighted by atomic mass is 9.91. The smallest absolute Gasteiger partial charge is 0.425 e. The predicted molar refractivity (Wildman–Crippen MR) is 148 cm³/mol. The first kappa shape index (κ1) is 31.4. The van der Waals surface area contributed by atoms with E-state index >= 15 is 0 Å². The Balaban J connectivity index is 1.85. The predicted octanol–water partition coefficient (Wildman–Crippen LogP) is 5.56. The quantitative estimate of drug-likeness (QED) is 0.363. The number of nitrogens with zero attached hydrogens (tertiary/aromatic N) is 5. The van der Waals surface area contributed by atoms with E-state index < -0.39 is 36.6 Å². The van der Waals surface area contributed by atoms with E-state index in [1.807, 2.05) is 13.0 Å². The molecule has 43 heavy (non-hydrogen) atoms. The molecule has 0 saturated carbocycles. The van der Waals surface area contributed by atoms with Gasteiger partial charge in [0.25, 0.3) is 11.8 Å². The van der Waals surface area contributed by atoms with Gasteiger partial charge in [-0.25, -0.2) is 13.8 Å². The number of allylic oxidation sites excluding steroid dienone is 1. The summed E-state index contributed by atoms with van der Waals surface area (Å²) in [6, 6.07) is 6.07. The van der Waals surface area contributed by atoms with Crippen molar-refractivity contribution in [3.05, 3.63) is 65.8 Å². The molecule has 14 heteroatoms. The molecule has 1 amide bonds. The van der Waals surface area contributed by atoms with Gasteiger partial charge in [0.2, 0.25) is 5.60 Å². The molecular formula is C29H29F5N6O3. The molecule has 2 atom stereocenters. The molecule has 4 rings (SSSR count). The van der Waals surface area contributed by atoms with Crippen molar-refractivity contribution in [1.29, 1.82) is 5.26 Å². The van der Waals surface area contributed by atoms with Gasteiger partial charge in [0.05, 0.1) is 36.5 Å². The number of rotatable bonds is 9. The number of hydrogen-bond acceptors (Lipinski definition) is 7. The van der Waals surface area contributed by atoms with Gasteiger partial charge in [-0.05, 0) is 43.7 Å². The standard InChI is InChI=1S/C29H29F5N6O3/c1-4-11-28(30,31)27(42,29(32,33)34)17-39-16-22(24(38-39)21-14-19(15-35)9-10-23(21)43-3)37-26(41)20-8-5-7-18(2)40-13-6-12-36-25(20)40/h5-6,8-10,12-14,16,18,42H,4,7,11,17H2,1-3H3,(H,37,41). The molecule has 0 saturated heterocycles. The number of methoxy groups -OCH3 is 1. The maximum absolute atomic E-state index is 14.8. The van der Waals surface area contributed by atoms with E-state index in [-0.39, 0.29) is 46.3 Å². The van der Waals surface area contributed by atoms with Crippen LogP contribution in [0.1, 0.15) is 38.7 Å². The summed E-state index contributed by atoms with van der Waals surface area (Å²) in [5, 5.41) is 26.6. The van der Waals surface area contributed by atoms with Gasteiger partial charge in [-0.3, -0.25) is 9.48 Å². The molecule has 2 aliphatic rings. The Morgan fingerprint density at radius 3 is 2.67 bits per heavy atom. The second-order valence-corrected chi connectivity index (χ2v) is 10.1. The van der Waals surface area contributed by atoms with Crippen LogP contribution in [0.5, 0.6) is 5.75 Å². The monoisotopic (exact) mass is 604 g/mol. The Morgan fingerprint density at radius 1 is 1.28 bits per heavy atom. The van der Waals surface area contributed by atoms with Crippen molar-refractivity contribution >= 4 is 17.8 Å². The highest BCUT2D eigenvalue weighted by Crippen LogP contribution is 2.46. The number of nitrogens with one attached hydrogen (secondary N) is 1. The Bertz CT molecular complexity index is 1550. The summed E-state index contributed by atoms with van der Waals surface area (Å²) in [6.45, 7) is 1.52. The van der Waals surface area contributed by atoms with Crippen LogP contribution in [0.2, 0.25) is 0 Å². The molecule has 0 fully saturated rings. The van der Waals surface area contributed by atoms with Crippen LogP contribution in [-0.2, 0) is 11.3 Å². The van der Waals surface area contributed by atoms with Crippen molar-refractivity contribution in [2.45, 2.75) is 63.4 Å². The topological polar surface area (TPSA) is 116 Å². The zero-order valence-electron chi connectivity index (χ0n) is 23.5. The molecule has 2 N–H and O–H groups in total. The van der Waals surface area contributed by atoms with E-state index in [9.17, 15) is 37.1 Å². The van der Waals surface area contributed by atoms with Gasteiger partial charge in [-0.2, -0.15) is 23.5 Å². The Morgan fingerprint density at radius 2 is 2.02 bits per heavy atom. The van der Waals surface area contributed by atoms with Gasteiger partial charge in [-0.15, -0.1) is 0 Å². The summed E-state index contributed by atoms with van der Waals surface area (Å²) >= 11 is 0. The molecule has 2 aromatic rings. The molecule has 1 aromatic carbocycles. The fourth-order valence-electron chi connectivity index (χ4n) is 4.81. The molecule has 1 aromatic heterocycles. The van der Waals surface area contributed by atoms with Gasteiger partial charge in [0, 0.05) is 36.6 Å². The second-order valence-electron chi connectivity index (χ2n) is 10.1. The van der Waals surface area contributed by atoms with E-state index in [1.165, 1.54) is 38.4 Å². The van der Waals surface area contributed by atoms with E-state index in [1.54, 1.807) is 29.3 Å². The van der Waals surface area contributed by atoms with Gasteiger partial charge >= 0.3 is 6.18 Å². The molecule has 0 bridgehead atoms. The van der Waals surface area contributed by atoms with Crippen molar-refractivity contribution in [3.8, 4) is 23.1 Å². The third-order valence-corrected chi connectivity index (χ3v) is 7.12. The first-order valence-electron chi connectivity index (χ1n) is 13.3. The first-order chi connectivity index (χ1) is 20.3. The first-order valence-corrected chi connectivity index (χ1v) is 13.3. The second kappa shape index (κ2) is 12.0. The lowest BCUT2D eigenvalue weighted by Gasteiger charge is -2.37. The van der Waals surface area contributed by atoms with Crippen LogP contribution in [0.25, 0.3) is 11.3 Å². The molecule has 0 radical (unpaired) electrons. The van der Waals surface area contributed by atoms with Crippen LogP contribution in [0.3, 0.4) is 0 Å². The van der Waals surface area contributed by atoms with Gasteiger partial charge in [0.1, 0.15) is 17.3 Å². The molecule has 9 nitrogen and oxygen atoms in total. The number of amides is 1. The minimum atomic E-state index is -5.73. The number of carbonyl (C=O) groups excluding carboxylic acids is 1. The highest BCUT2D eigenvalue weighted by molar-refractivity contribution is 6.08. The third-order valence-electron chi connectivity index (χ3n) is 7.12. The number of aromatic nitrogens is 2. The van der Waals surface area contributed by atoms with Crippen LogP contribution in [0.4, 0.5) is 27.6 Å². The van der Waals surface area contributed by atoms with E-state index in [2.05, 4.69) is 15.4 Å². The Labute approximate surface area is 244 Å². The SMILES string of the molecule is CCCC(F)(F)C(O)(Cn1cc(NC(=O)C2=C3N=CC=CN3C(C)CC=C2)c(-c2cc(C#N)ccc2OC)n1)C(F)(F)F. The van der Waals surface area contributed by atoms with Gasteiger partial charge in [-0.1, -0.05) is 19.4 Å². The number of aliphatic imine (C=N–C) groups is 1. The lowest BCUT2D eigenvalue weighted by Crippen LogP contribution is -2.61. The number of aliphatic hydroxyl groups is 1. The Kier molecular flexibility index (Phi) is 8.77. The lowest BCUT2D eigenvalue weighted by molar-refractivity contribution is -0.338. The van der Waals surface area contributed by atoms with Crippen molar-refractivity contribution < 1.29 is 36.6 Å². The molecule has 0 spiro atoms. The maximum Gasteiger partial charge on any atom is 0.425 e. The number of halogens is 5. The summed E-state index contributed by atoms with van der Waals surface area (Å²) in [5.74, 6) is -4.81. The third kappa shape index (κ3) is 6.03. The molecule has 228 valence electrons. The summed E-state index contributed by atoms with van der Waals surface area (Å²) in [5.41, 5.74) is -4.48. The fraction of sp³-hybridized carbons (Fsp3) is 0.379. The number of benzene rings is 1. The number of carbonyl (C=O) groups is 1. The number of ether oxygens (including phenoxy) is 1. The molecule has 2 unspecified atom stereocenters. The summed E-state index contributed by atoms with van der Waals surface area (Å²) in [4.78, 5) is 19.7. The number of alkyl halides is 5. The highest BCUT2D eigenvalue weighted by atomic mass is 19.4. The fourth-order valence-corrected chi connectivity index (χ4v) is 4.81. The van der Waals surface area contributed by atoms with Crippen LogP contribution in [0.15, 0.2) is 65.2 Å². The molecule has 2 aliphatic heterocycles. The largest absolute Gasteiger partial charge is 0.496 e.